The van der Waals surface area contributed by atoms with Gasteiger partial charge >= 0.3 is 0 Å². The number of nitrogens with two attached hydrogens (primary N) is 1. The number of aromatic nitrogens is 1. The van der Waals surface area contributed by atoms with Crippen molar-refractivity contribution in [2.24, 2.45) is 11.7 Å². The number of β-amino-alcohol motifs (C(OH)–C–C–N with tert-alkyl or cyclic N) is 1. The van der Waals surface area contributed by atoms with Crippen LogP contribution in [-0.2, 0) is 0 Å². The first-order valence-corrected chi connectivity index (χ1v) is 5.77. The predicted molar refractivity (Wildman–Crippen MR) is 64.8 cm³/mol. The van der Waals surface area contributed by atoms with E-state index in [2.05, 4.69) is 4.98 Å². The number of nitrogens with zero attached hydrogens (tertiary/aromatic N) is 2. The van der Waals surface area contributed by atoms with E-state index in [0.29, 0.717) is 18.0 Å². The summed E-state index contributed by atoms with van der Waals surface area (Å²) in [7, 11) is 0. The fourth-order valence-corrected chi connectivity index (χ4v) is 1.98. The zero-order valence-corrected chi connectivity index (χ0v) is 9.84. The maximum atomic E-state index is 10.9. The summed E-state index contributed by atoms with van der Waals surface area (Å²) in [6.07, 6.45) is 2.10. The number of carbonyl (C=O) groups is 1. The van der Waals surface area contributed by atoms with Crippen molar-refractivity contribution in [1.82, 2.24) is 4.98 Å². The normalized spacial score (nSPS) is 24.7. The molecule has 1 amide bonds. The number of piperidine rings is 1. The van der Waals surface area contributed by atoms with Crippen LogP contribution in [0.5, 0.6) is 0 Å². The predicted octanol–water partition coefficient (Wildman–Crippen LogP) is 0.388. The third kappa shape index (κ3) is 2.55. The molecule has 0 aromatic carbocycles. The van der Waals surface area contributed by atoms with Gasteiger partial charge in [0.2, 0.25) is 5.91 Å². The van der Waals surface area contributed by atoms with Crippen molar-refractivity contribution < 1.29 is 9.90 Å². The first-order chi connectivity index (χ1) is 8.08. The van der Waals surface area contributed by atoms with Gasteiger partial charge in [0.1, 0.15) is 5.82 Å². The van der Waals surface area contributed by atoms with Crippen LogP contribution in [0.25, 0.3) is 0 Å². The van der Waals surface area contributed by atoms with Crippen LogP contribution in [0.1, 0.15) is 23.7 Å². The summed E-state index contributed by atoms with van der Waals surface area (Å²) in [5.74, 6) is 0.633. The molecule has 2 heterocycles. The number of hydrogen-bond donors (Lipinski definition) is 2. The molecule has 1 aromatic rings. The van der Waals surface area contributed by atoms with E-state index in [1.165, 1.54) is 6.20 Å². The lowest BCUT2D eigenvalue weighted by Gasteiger charge is -2.35. The second-order valence-electron chi connectivity index (χ2n) is 4.55. The molecule has 92 valence electrons. The fourth-order valence-electron chi connectivity index (χ4n) is 1.98. The summed E-state index contributed by atoms with van der Waals surface area (Å²) in [6, 6.07) is 3.43. The van der Waals surface area contributed by atoms with E-state index >= 15 is 0 Å². The van der Waals surface area contributed by atoms with Crippen molar-refractivity contribution in [2.75, 3.05) is 18.0 Å². The topological polar surface area (TPSA) is 79.5 Å². The van der Waals surface area contributed by atoms with Gasteiger partial charge in [0, 0.05) is 19.3 Å². The van der Waals surface area contributed by atoms with Gasteiger partial charge in [-0.1, -0.05) is 6.92 Å². The van der Waals surface area contributed by atoms with Crippen molar-refractivity contribution in [2.45, 2.75) is 19.4 Å². The number of anilines is 1. The third-order valence-corrected chi connectivity index (χ3v) is 3.28. The van der Waals surface area contributed by atoms with Crippen molar-refractivity contribution >= 4 is 11.7 Å². The van der Waals surface area contributed by atoms with E-state index < -0.39 is 5.91 Å². The number of pyridine rings is 1. The average molecular weight is 235 g/mol. The molecule has 1 aliphatic heterocycles. The zero-order valence-electron chi connectivity index (χ0n) is 9.84. The van der Waals surface area contributed by atoms with Crippen molar-refractivity contribution in [3.63, 3.8) is 0 Å². The third-order valence-electron chi connectivity index (χ3n) is 3.28. The molecular formula is C12H17N3O2. The van der Waals surface area contributed by atoms with Crippen LogP contribution < -0.4 is 10.6 Å². The smallest absolute Gasteiger partial charge is 0.250 e. The number of aliphatic hydroxyl groups is 1. The largest absolute Gasteiger partial charge is 0.391 e. The summed E-state index contributed by atoms with van der Waals surface area (Å²) >= 11 is 0. The molecule has 2 unspecified atom stereocenters. The Labute approximate surface area is 100 Å². The van der Waals surface area contributed by atoms with E-state index in [0.717, 1.165) is 18.8 Å². The zero-order chi connectivity index (χ0) is 12.4. The molecule has 0 saturated carbocycles. The number of amides is 1. The van der Waals surface area contributed by atoms with E-state index in [-0.39, 0.29) is 6.10 Å². The molecule has 0 radical (unpaired) electrons. The van der Waals surface area contributed by atoms with Gasteiger partial charge in [-0.15, -0.1) is 0 Å². The molecule has 17 heavy (non-hydrogen) atoms. The molecule has 5 nitrogen and oxygen atoms in total. The minimum absolute atomic E-state index is 0.318. The van der Waals surface area contributed by atoms with E-state index in [4.69, 9.17) is 5.73 Å². The monoisotopic (exact) mass is 235 g/mol. The van der Waals surface area contributed by atoms with Crippen LogP contribution in [0, 0.1) is 5.92 Å². The highest BCUT2D eigenvalue weighted by Gasteiger charge is 2.24. The molecule has 1 saturated heterocycles. The number of rotatable bonds is 2. The summed E-state index contributed by atoms with van der Waals surface area (Å²) < 4.78 is 0. The first kappa shape index (κ1) is 11.9. The molecule has 5 heteroatoms. The van der Waals surface area contributed by atoms with Crippen molar-refractivity contribution in [3.05, 3.63) is 23.9 Å². The number of primary amides is 1. The molecule has 1 fully saturated rings. The number of aliphatic hydroxyl groups excluding tert-OH is 1. The molecule has 2 atom stereocenters. The standard InChI is InChI=1S/C12H17N3O2/c1-8-4-5-15(7-10(8)16)11-3-2-9(6-14-11)12(13)17/h2-3,6,8,10,16H,4-5,7H2,1H3,(H2,13,17). The van der Waals surface area contributed by atoms with E-state index in [1.54, 1.807) is 12.1 Å². The van der Waals surface area contributed by atoms with Crippen LogP contribution in [0.15, 0.2) is 18.3 Å². The van der Waals surface area contributed by atoms with Gasteiger partial charge in [-0.05, 0) is 24.5 Å². The van der Waals surface area contributed by atoms with Gasteiger partial charge in [0.05, 0.1) is 11.7 Å². The van der Waals surface area contributed by atoms with Gasteiger partial charge in [0.15, 0.2) is 0 Å². The van der Waals surface area contributed by atoms with E-state index in [9.17, 15) is 9.90 Å². The average Bonchev–Trinajstić information content (AvgIpc) is 2.33. The molecular weight excluding hydrogens is 218 g/mol. The van der Waals surface area contributed by atoms with Gasteiger partial charge in [-0.25, -0.2) is 4.98 Å². The van der Waals surface area contributed by atoms with Crippen LogP contribution in [-0.4, -0.2) is 35.2 Å². The molecule has 0 aliphatic carbocycles. The van der Waals surface area contributed by atoms with Crippen LogP contribution in [0.4, 0.5) is 5.82 Å². The second-order valence-corrected chi connectivity index (χ2v) is 4.55. The fraction of sp³-hybridized carbons (Fsp3) is 0.500. The quantitative estimate of drug-likeness (QED) is 0.777. The molecule has 1 aliphatic rings. The Kier molecular flexibility index (Phi) is 3.28. The molecule has 2 rings (SSSR count). The van der Waals surface area contributed by atoms with Crippen molar-refractivity contribution in [1.29, 1.82) is 0 Å². The highest BCUT2D eigenvalue weighted by atomic mass is 16.3. The minimum Gasteiger partial charge on any atom is -0.391 e. The van der Waals surface area contributed by atoms with Gasteiger partial charge in [0.25, 0.3) is 0 Å². The number of carbonyl (C=O) groups excluding carboxylic acids is 1. The highest BCUT2D eigenvalue weighted by molar-refractivity contribution is 5.92. The number of hydrogen-bond acceptors (Lipinski definition) is 4. The maximum Gasteiger partial charge on any atom is 0.250 e. The Bertz CT molecular complexity index is 405. The highest BCUT2D eigenvalue weighted by Crippen LogP contribution is 2.21. The SMILES string of the molecule is CC1CCN(c2ccc(C(N)=O)cn2)CC1O. The Morgan fingerprint density at radius 2 is 2.35 bits per heavy atom. The second kappa shape index (κ2) is 4.71. The Balaban J connectivity index is 2.10. The lowest BCUT2D eigenvalue weighted by atomic mass is 9.96. The molecule has 3 N–H and O–H groups in total. The Morgan fingerprint density at radius 1 is 1.59 bits per heavy atom. The van der Waals surface area contributed by atoms with Gasteiger partial charge in [-0.2, -0.15) is 0 Å². The Morgan fingerprint density at radius 3 is 2.88 bits per heavy atom. The van der Waals surface area contributed by atoms with Crippen LogP contribution in [0.3, 0.4) is 0 Å². The summed E-state index contributed by atoms with van der Waals surface area (Å²) in [5, 5.41) is 9.81. The van der Waals surface area contributed by atoms with Crippen molar-refractivity contribution in [3.8, 4) is 0 Å². The summed E-state index contributed by atoms with van der Waals surface area (Å²) in [4.78, 5) is 17.1. The summed E-state index contributed by atoms with van der Waals surface area (Å²) in [6.45, 7) is 3.51. The minimum atomic E-state index is -0.476. The molecule has 1 aromatic heterocycles. The summed E-state index contributed by atoms with van der Waals surface area (Å²) in [5.41, 5.74) is 5.55. The molecule has 0 bridgehead atoms. The van der Waals surface area contributed by atoms with Gasteiger partial charge in [-0.3, -0.25) is 4.79 Å². The van der Waals surface area contributed by atoms with Gasteiger partial charge < -0.3 is 15.7 Å². The van der Waals surface area contributed by atoms with Crippen LogP contribution in [0.2, 0.25) is 0 Å². The maximum absolute atomic E-state index is 10.9. The first-order valence-electron chi connectivity index (χ1n) is 5.77. The molecule has 0 spiro atoms. The van der Waals surface area contributed by atoms with E-state index in [1.807, 2.05) is 11.8 Å². The lowest BCUT2D eigenvalue weighted by molar-refractivity contribution is 0.0997. The lowest BCUT2D eigenvalue weighted by Crippen LogP contribution is -2.43. The van der Waals surface area contributed by atoms with Crippen LogP contribution >= 0.6 is 0 Å². The Hall–Kier alpha value is -1.62.